The molecule has 1 spiro atoms. The van der Waals surface area contributed by atoms with E-state index in [0.717, 1.165) is 98.3 Å². The highest BCUT2D eigenvalue weighted by Gasteiger charge is 2.45. The van der Waals surface area contributed by atoms with Crippen molar-refractivity contribution in [3.05, 3.63) is 46.8 Å². The molecule has 1 amide bonds. The number of nitrogens with zero attached hydrogens (tertiary/aromatic N) is 3. The van der Waals surface area contributed by atoms with Crippen molar-refractivity contribution >= 4 is 44.0 Å². The number of para-hydroxylation sites is 1. The number of piperidine rings is 1. The Balaban J connectivity index is 1.29. The van der Waals surface area contributed by atoms with Gasteiger partial charge in [0.25, 0.3) is 5.91 Å². The largest absolute Gasteiger partial charge is 0.395 e. The summed E-state index contributed by atoms with van der Waals surface area (Å²) >= 11 is 0. The van der Waals surface area contributed by atoms with Gasteiger partial charge in [-0.15, -0.1) is 0 Å². The van der Waals surface area contributed by atoms with Crippen LogP contribution in [0.2, 0.25) is 0 Å². The second-order valence-corrected chi connectivity index (χ2v) is 13.9. The molecule has 2 aromatic carbocycles. The van der Waals surface area contributed by atoms with Crippen LogP contribution < -0.4 is 14.9 Å². The Bertz CT molecular complexity index is 1600. The minimum absolute atomic E-state index is 0.164. The molecule has 0 bridgehead atoms. The quantitative estimate of drug-likeness (QED) is 0.396. The number of aliphatic hydroxyl groups is 1. The maximum absolute atomic E-state index is 14.2. The summed E-state index contributed by atoms with van der Waals surface area (Å²) < 4.78 is 30.4. The van der Waals surface area contributed by atoms with Gasteiger partial charge in [0.15, 0.2) is 0 Å². The molecule has 1 saturated heterocycles. The molecular formula is C30H37N5O4S. The highest BCUT2D eigenvalue weighted by Crippen LogP contribution is 2.54. The lowest BCUT2D eigenvalue weighted by atomic mass is 9.91. The number of benzene rings is 2. The van der Waals surface area contributed by atoms with Crippen LogP contribution >= 0.6 is 0 Å². The van der Waals surface area contributed by atoms with Crippen molar-refractivity contribution < 1.29 is 18.3 Å². The molecule has 2 aliphatic carbocycles. The van der Waals surface area contributed by atoms with Crippen LogP contribution in [0.25, 0.3) is 11.0 Å². The van der Waals surface area contributed by atoms with Gasteiger partial charge in [-0.1, -0.05) is 6.07 Å². The van der Waals surface area contributed by atoms with E-state index >= 15 is 0 Å². The molecule has 2 aliphatic heterocycles. The number of nitrogens with one attached hydrogen (secondary N) is 2. The summed E-state index contributed by atoms with van der Waals surface area (Å²) in [5.41, 5.74) is 6.88. The summed E-state index contributed by atoms with van der Waals surface area (Å²) in [5, 5.41) is 12.5. The van der Waals surface area contributed by atoms with E-state index in [1.54, 1.807) is 0 Å². The normalized spacial score (nSPS) is 19.5. The molecule has 10 heteroatoms. The van der Waals surface area contributed by atoms with E-state index in [1.165, 1.54) is 12.8 Å². The van der Waals surface area contributed by atoms with Crippen LogP contribution in [0.5, 0.6) is 0 Å². The van der Waals surface area contributed by atoms with Crippen LogP contribution in [-0.2, 0) is 35.8 Å². The zero-order valence-electron chi connectivity index (χ0n) is 22.8. The molecule has 0 unspecified atom stereocenters. The maximum Gasteiger partial charge on any atom is 0.258 e. The number of hydrogen-bond acceptors (Lipinski definition) is 6. The van der Waals surface area contributed by atoms with E-state index in [2.05, 4.69) is 25.6 Å². The van der Waals surface area contributed by atoms with Gasteiger partial charge in [-0.3, -0.25) is 9.52 Å². The van der Waals surface area contributed by atoms with Crippen molar-refractivity contribution in [2.24, 2.45) is 5.41 Å². The summed E-state index contributed by atoms with van der Waals surface area (Å²) in [5.74, 6) is 0.555. The Morgan fingerprint density at radius 1 is 0.975 bits per heavy atom. The molecule has 3 aromatic rings. The summed E-state index contributed by atoms with van der Waals surface area (Å²) in [4.78, 5) is 21.4. The lowest BCUT2D eigenvalue weighted by Crippen LogP contribution is -2.36. The molecule has 7 rings (SSSR count). The first-order valence-corrected chi connectivity index (χ1v) is 16.4. The fourth-order valence-electron chi connectivity index (χ4n) is 7.07. The Labute approximate surface area is 235 Å². The number of amides is 1. The van der Waals surface area contributed by atoms with E-state index in [-0.39, 0.29) is 11.7 Å². The average Bonchev–Trinajstić information content (AvgIpc) is 3.32. The first-order chi connectivity index (χ1) is 19.4. The fraction of sp³-hybridized carbons (Fsp3) is 0.533. The second-order valence-electron chi connectivity index (χ2n) is 12.0. The molecule has 0 atom stereocenters. The number of aliphatic hydroxyl groups excluding tert-OH is 1. The molecule has 2 fully saturated rings. The van der Waals surface area contributed by atoms with E-state index in [1.807, 2.05) is 18.2 Å². The Kier molecular flexibility index (Phi) is 6.31. The molecule has 3 N–H and O–H groups in total. The van der Waals surface area contributed by atoms with Gasteiger partial charge < -0.3 is 19.9 Å². The van der Waals surface area contributed by atoms with Gasteiger partial charge in [0.2, 0.25) is 10.0 Å². The Hall–Kier alpha value is -3.11. The molecule has 1 aromatic heterocycles. The predicted octanol–water partition coefficient (Wildman–Crippen LogP) is 4.23. The number of imidazole rings is 1. The lowest BCUT2D eigenvalue weighted by molar-refractivity contribution is 0.102. The summed E-state index contributed by atoms with van der Waals surface area (Å²) in [6, 6.07) is 7.85. The van der Waals surface area contributed by atoms with Gasteiger partial charge in [0.05, 0.1) is 40.5 Å². The van der Waals surface area contributed by atoms with Crippen LogP contribution in [0.4, 0.5) is 17.1 Å². The number of hydrogen-bond donors (Lipinski definition) is 3. The van der Waals surface area contributed by atoms with Crippen molar-refractivity contribution in [3.63, 3.8) is 0 Å². The van der Waals surface area contributed by atoms with Crippen molar-refractivity contribution in [3.8, 4) is 0 Å². The van der Waals surface area contributed by atoms with Crippen LogP contribution in [0.15, 0.2) is 24.3 Å². The second kappa shape index (κ2) is 9.76. The molecule has 40 heavy (non-hydrogen) atoms. The minimum Gasteiger partial charge on any atom is -0.395 e. The smallest absolute Gasteiger partial charge is 0.258 e. The van der Waals surface area contributed by atoms with E-state index < -0.39 is 16.6 Å². The minimum atomic E-state index is -3.70. The fourth-order valence-corrected chi connectivity index (χ4v) is 7.93. The number of carbonyl (C=O) groups excluding carboxylic acids is 1. The van der Waals surface area contributed by atoms with Gasteiger partial charge in [0, 0.05) is 26.1 Å². The number of carbonyl (C=O) groups is 1. The van der Waals surface area contributed by atoms with Crippen molar-refractivity contribution in [2.45, 2.75) is 70.8 Å². The molecule has 0 radical (unpaired) electrons. The first-order valence-electron chi connectivity index (χ1n) is 14.7. The van der Waals surface area contributed by atoms with Crippen LogP contribution in [0.1, 0.15) is 72.3 Å². The average molecular weight is 564 g/mol. The van der Waals surface area contributed by atoms with Gasteiger partial charge in [-0.25, -0.2) is 13.4 Å². The highest BCUT2D eigenvalue weighted by atomic mass is 32.2. The number of fused-ring (bicyclic) bond motifs is 4. The summed E-state index contributed by atoms with van der Waals surface area (Å²) in [6.07, 6.45) is 10.3. The van der Waals surface area contributed by atoms with E-state index in [0.29, 0.717) is 28.8 Å². The monoisotopic (exact) mass is 563 g/mol. The van der Waals surface area contributed by atoms with E-state index in [4.69, 9.17) is 4.98 Å². The number of sulfonamides is 1. The van der Waals surface area contributed by atoms with Gasteiger partial charge in [-0.2, -0.15) is 0 Å². The number of anilines is 3. The standard InChI is InChI=1S/C30H37N5O4S/c36-17-18-40(38,39)33-23-19-25(34-15-12-30(10-11-30)13-16-34)27(21-6-3-5-20(21)23)29(37)31-22-7-4-8-24-28(22)32-26-9-1-2-14-35(24)26/h4,7-8,19,33,36H,1-3,5-6,9-18H2,(H,31,37). The van der Waals surface area contributed by atoms with Gasteiger partial charge >= 0.3 is 0 Å². The SMILES string of the molecule is O=C(Nc1cccc2c1nc1n2CCCC1)c1c(N2CCC3(CC2)CC3)cc(NS(=O)(=O)CCO)c2c1CCC2. The van der Waals surface area contributed by atoms with Crippen molar-refractivity contribution in [1.29, 1.82) is 0 Å². The third-order valence-corrected chi connectivity index (χ3v) is 10.7. The molecule has 9 nitrogen and oxygen atoms in total. The molecule has 3 heterocycles. The molecule has 1 saturated carbocycles. The van der Waals surface area contributed by atoms with Crippen LogP contribution in [0.3, 0.4) is 0 Å². The third kappa shape index (κ3) is 4.55. The van der Waals surface area contributed by atoms with Gasteiger partial charge in [0.1, 0.15) is 11.3 Å². The third-order valence-electron chi connectivity index (χ3n) is 9.49. The van der Waals surface area contributed by atoms with Crippen molar-refractivity contribution in [2.75, 3.05) is 40.4 Å². The van der Waals surface area contributed by atoms with E-state index in [9.17, 15) is 18.3 Å². The lowest BCUT2D eigenvalue weighted by Gasteiger charge is -2.36. The molecule has 212 valence electrons. The van der Waals surface area contributed by atoms with Crippen LogP contribution in [0, 0.1) is 5.41 Å². The maximum atomic E-state index is 14.2. The predicted molar refractivity (Wildman–Crippen MR) is 157 cm³/mol. The number of aryl methyl sites for hydroxylation is 2. The Morgan fingerprint density at radius 2 is 1.77 bits per heavy atom. The van der Waals surface area contributed by atoms with Crippen LogP contribution in [-0.4, -0.2) is 54.4 Å². The topological polar surface area (TPSA) is 117 Å². The molecular weight excluding hydrogens is 526 g/mol. The summed E-state index contributed by atoms with van der Waals surface area (Å²) in [7, 11) is -3.70. The number of aromatic nitrogens is 2. The highest BCUT2D eigenvalue weighted by molar-refractivity contribution is 7.92. The number of rotatable bonds is 7. The van der Waals surface area contributed by atoms with Gasteiger partial charge in [-0.05, 0) is 92.5 Å². The zero-order valence-corrected chi connectivity index (χ0v) is 23.7. The van der Waals surface area contributed by atoms with Crippen molar-refractivity contribution in [1.82, 2.24) is 9.55 Å². The first kappa shape index (κ1) is 25.8. The molecule has 4 aliphatic rings. The Morgan fingerprint density at radius 3 is 2.55 bits per heavy atom. The summed E-state index contributed by atoms with van der Waals surface area (Å²) in [6.45, 7) is 2.21. The zero-order chi connectivity index (χ0) is 27.5.